The molecule has 0 bridgehead atoms. The van der Waals surface area contributed by atoms with Gasteiger partial charge in [0.1, 0.15) is 0 Å². The summed E-state index contributed by atoms with van der Waals surface area (Å²) in [6.45, 7) is 0.467. The van der Waals surface area contributed by atoms with Gasteiger partial charge in [0, 0.05) is 24.6 Å². The van der Waals surface area contributed by atoms with Crippen molar-refractivity contribution in [2.24, 2.45) is 0 Å². The summed E-state index contributed by atoms with van der Waals surface area (Å²) in [5.41, 5.74) is 2.20. The molecule has 1 saturated carbocycles. The second-order valence-corrected chi connectivity index (χ2v) is 11.3. The molecule has 1 heterocycles. The molecule has 1 amide bonds. The van der Waals surface area contributed by atoms with Gasteiger partial charge in [-0.25, -0.2) is 8.42 Å². The van der Waals surface area contributed by atoms with Crippen molar-refractivity contribution in [2.45, 2.75) is 49.0 Å². The van der Waals surface area contributed by atoms with Crippen molar-refractivity contribution in [1.82, 2.24) is 0 Å². The van der Waals surface area contributed by atoms with E-state index in [0.717, 1.165) is 18.4 Å². The molecule has 2 fully saturated rings. The molecule has 1 aliphatic heterocycles. The van der Waals surface area contributed by atoms with Crippen LogP contribution in [0.3, 0.4) is 0 Å². The summed E-state index contributed by atoms with van der Waals surface area (Å²) in [5, 5.41) is 9.09. The average molecular weight is 532 g/mol. The molecule has 1 saturated heterocycles. The normalized spacial score (nSPS) is 17.8. The van der Waals surface area contributed by atoms with Gasteiger partial charge in [0.25, 0.3) is 10.0 Å². The minimum absolute atomic E-state index is 0.00519. The summed E-state index contributed by atoms with van der Waals surface area (Å²) in [6, 6.07) is 20.4. The first-order chi connectivity index (χ1) is 18.4. The Kier molecular flexibility index (Phi) is 7.25. The standard InChI is InChI=1S/C29H29N3O5S/c1-36-27-13-12-21(15-28(27)37-25-9-2-3-10-25)22-16-29(33)32(19-22)24-8-5-7-23(17-24)31-38(34,35)26-11-4-6-20(14-26)18-30/h4-8,11-15,17,22,25,31H,2-3,9-10,16,19H2,1H3. The molecule has 1 aliphatic carbocycles. The summed E-state index contributed by atoms with van der Waals surface area (Å²) >= 11 is 0. The quantitative estimate of drug-likeness (QED) is 0.427. The molecule has 196 valence electrons. The fourth-order valence-electron chi connectivity index (χ4n) is 5.09. The van der Waals surface area contributed by atoms with Crippen LogP contribution in [0.1, 0.15) is 49.1 Å². The maximum Gasteiger partial charge on any atom is 0.261 e. The number of sulfonamides is 1. The summed E-state index contributed by atoms with van der Waals surface area (Å²) in [7, 11) is -2.28. The van der Waals surface area contributed by atoms with Gasteiger partial charge in [-0.1, -0.05) is 18.2 Å². The monoisotopic (exact) mass is 531 g/mol. The third-order valence-electron chi connectivity index (χ3n) is 7.06. The van der Waals surface area contributed by atoms with E-state index in [1.165, 1.54) is 31.0 Å². The lowest BCUT2D eigenvalue weighted by molar-refractivity contribution is -0.117. The van der Waals surface area contributed by atoms with Crippen molar-refractivity contribution in [3.8, 4) is 17.6 Å². The van der Waals surface area contributed by atoms with Gasteiger partial charge < -0.3 is 14.4 Å². The molecule has 1 unspecified atom stereocenters. The van der Waals surface area contributed by atoms with Gasteiger partial charge in [-0.3, -0.25) is 9.52 Å². The van der Waals surface area contributed by atoms with Crippen molar-refractivity contribution in [3.63, 3.8) is 0 Å². The number of carbonyl (C=O) groups is 1. The lowest BCUT2D eigenvalue weighted by atomic mass is 9.98. The zero-order valence-corrected chi connectivity index (χ0v) is 21.9. The smallest absolute Gasteiger partial charge is 0.261 e. The molecule has 9 heteroatoms. The first-order valence-corrected chi connectivity index (χ1v) is 14.1. The summed E-state index contributed by atoms with van der Waals surface area (Å²) in [5.74, 6) is 1.32. The van der Waals surface area contributed by atoms with Crippen molar-refractivity contribution >= 4 is 27.3 Å². The van der Waals surface area contributed by atoms with Crippen LogP contribution >= 0.6 is 0 Å². The van der Waals surface area contributed by atoms with Crippen molar-refractivity contribution < 1.29 is 22.7 Å². The summed E-state index contributed by atoms with van der Waals surface area (Å²) in [6.07, 6.45) is 4.93. The molecule has 3 aromatic rings. The number of nitrogens with one attached hydrogen (secondary N) is 1. The van der Waals surface area contributed by atoms with Crippen LogP contribution in [0.2, 0.25) is 0 Å². The Hall–Kier alpha value is -4.03. The molecular formula is C29H29N3O5S. The predicted molar refractivity (Wildman–Crippen MR) is 144 cm³/mol. The maximum atomic E-state index is 13.0. The minimum Gasteiger partial charge on any atom is -0.493 e. The van der Waals surface area contributed by atoms with Crippen molar-refractivity contribution in [1.29, 1.82) is 5.26 Å². The summed E-state index contributed by atoms with van der Waals surface area (Å²) in [4.78, 5) is 14.7. The molecule has 3 aromatic carbocycles. The SMILES string of the molecule is COc1ccc(C2CC(=O)N(c3cccc(NS(=O)(=O)c4cccc(C#N)c4)c3)C2)cc1OC1CCCC1. The Labute approximate surface area is 222 Å². The van der Waals surface area contributed by atoms with Crippen LogP contribution in [0.15, 0.2) is 71.6 Å². The lowest BCUT2D eigenvalue weighted by Gasteiger charge is -2.20. The molecule has 0 aromatic heterocycles. The van der Waals surface area contributed by atoms with E-state index >= 15 is 0 Å². The van der Waals surface area contributed by atoms with Crippen molar-refractivity contribution in [2.75, 3.05) is 23.3 Å². The zero-order chi connectivity index (χ0) is 26.7. The molecule has 1 atom stereocenters. The third kappa shape index (κ3) is 5.46. The van der Waals surface area contributed by atoms with E-state index in [-0.39, 0.29) is 28.4 Å². The van der Waals surface area contributed by atoms with Gasteiger partial charge in [-0.15, -0.1) is 0 Å². The number of benzene rings is 3. The lowest BCUT2D eigenvalue weighted by Crippen LogP contribution is -2.24. The van der Waals surface area contributed by atoms with Crippen LogP contribution in [0, 0.1) is 11.3 Å². The van der Waals surface area contributed by atoms with Gasteiger partial charge in [0.2, 0.25) is 5.91 Å². The number of hydrogen-bond acceptors (Lipinski definition) is 6. The molecule has 8 nitrogen and oxygen atoms in total. The number of methoxy groups -OCH3 is 1. The first kappa shape index (κ1) is 25.6. The van der Waals surface area contributed by atoms with E-state index in [9.17, 15) is 13.2 Å². The van der Waals surface area contributed by atoms with E-state index in [4.69, 9.17) is 14.7 Å². The van der Waals surface area contributed by atoms with Gasteiger partial charge >= 0.3 is 0 Å². The number of hydrogen-bond donors (Lipinski definition) is 1. The highest BCUT2D eigenvalue weighted by Gasteiger charge is 2.32. The molecule has 5 rings (SSSR count). The topological polar surface area (TPSA) is 109 Å². The Bertz CT molecular complexity index is 1490. The second kappa shape index (κ2) is 10.8. The highest BCUT2D eigenvalue weighted by atomic mass is 32.2. The number of carbonyl (C=O) groups excluding carboxylic acids is 1. The van der Waals surface area contributed by atoms with Crippen LogP contribution in [0.25, 0.3) is 0 Å². The fourth-order valence-corrected chi connectivity index (χ4v) is 6.18. The Morgan fingerprint density at radius 3 is 2.55 bits per heavy atom. The number of amides is 1. The molecular weight excluding hydrogens is 502 g/mol. The van der Waals surface area contributed by atoms with Crippen molar-refractivity contribution in [3.05, 3.63) is 77.9 Å². The number of ether oxygens (including phenoxy) is 2. The largest absolute Gasteiger partial charge is 0.493 e. The second-order valence-electron chi connectivity index (χ2n) is 9.64. The van der Waals surface area contributed by atoms with Crippen LogP contribution in [-0.4, -0.2) is 34.1 Å². The van der Waals surface area contributed by atoms with Crippen LogP contribution in [0.4, 0.5) is 11.4 Å². The highest BCUT2D eigenvalue weighted by Crippen LogP contribution is 2.38. The Morgan fingerprint density at radius 1 is 1.00 bits per heavy atom. The molecule has 0 radical (unpaired) electrons. The number of nitrogens with zero attached hydrogens (tertiary/aromatic N) is 2. The van der Waals surface area contributed by atoms with Crippen LogP contribution in [-0.2, 0) is 14.8 Å². The minimum atomic E-state index is -3.91. The average Bonchev–Trinajstić information content (AvgIpc) is 3.58. The van der Waals surface area contributed by atoms with E-state index in [0.29, 0.717) is 35.8 Å². The van der Waals surface area contributed by atoms with E-state index in [1.54, 1.807) is 42.3 Å². The van der Waals surface area contributed by atoms with Gasteiger partial charge in [0.15, 0.2) is 11.5 Å². The van der Waals surface area contributed by atoms with Gasteiger partial charge in [0.05, 0.1) is 35.4 Å². The zero-order valence-electron chi connectivity index (χ0n) is 21.1. The third-order valence-corrected chi connectivity index (χ3v) is 8.44. The van der Waals surface area contributed by atoms with E-state index in [2.05, 4.69) is 4.72 Å². The molecule has 38 heavy (non-hydrogen) atoms. The van der Waals surface area contributed by atoms with Crippen LogP contribution in [0.5, 0.6) is 11.5 Å². The Balaban J connectivity index is 1.33. The van der Waals surface area contributed by atoms with E-state index < -0.39 is 10.0 Å². The molecule has 1 N–H and O–H groups in total. The first-order valence-electron chi connectivity index (χ1n) is 12.6. The summed E-state index contributed by atoms with van der Waals surface area (Å²) < 4.78 is 40.1. The van der Waals surface area contributed by atoms with Crippen LogP contribution < -0.4 is 19.1 Å². The molecule has 2 aliphatic rings. The van der Waals surface area contributed by atoms with Gasteiger partial charge in [-0.05, 0) is 79.8 Å². The number of rotatable bonds is 8. The number of anilines is 2. The fraction of sp³-hybridized carbons (Fsp3) is 0.310. The highest BCUT2D eigenvalue weighted by molar-refractivity contribution is 7.92. The predicted octanol–water partition coefficient (Wildman–Crippen LogP) is 5.21. The number of nitriles is 1. The Morgan fingerprint density at radius 2 is 1.79 bits per heavy atom. The maximum absolute atomic E-state index is 13.0. The van der Waals surface area contributed by atoms with E-state index in [1.807, 2.05) is 24.3 Å². The van der Waals surface area contributed by atoms with Gasteiger partial charge in [-0.2, -0.15) is 5.26 Å². The molecule has 0 spiro atoms.